The highest BCUT2D eigenvalue weighted by molar-refractivity contribution is 6.62. The molecule has 18 heavy (non-hydrogen) atoms. The van der Waals surface area contributed by atoms with Gasteiger partial charge >= 0.3 is 13.7 Å². The molecule has 0 aliphatic carbocycles. The first-order valence-electron chi connectivity index (χ1n) is 5.83. The third-order valence-corrected chi connectivity index (χ3v) is 3.77. The van der Waals surface area contributed by atoms with E-state index in [1.807, 2.05) is 27.7 Å². The quantitative estimate of drug-likeness (QED) is 0.760. The third-order valence-electron chi connectivity index (χ3n) is 3.77. The van der Waals surface area contributed by atoms with Gasteiger partial charge in [-0.3, -0.25) is 0 Å². The zero-order chi connectivity index (χ0) is 13.7. The fraction of sp³-hybridized carbons (Fsp3) is 0.727. The number of halogens is 2. The highest BCUT2D eigenvalue weighted by Gasteiger charge is 2.52. The van der Waals surface area contributed by atoms with Crippen LogP contribution in [0.5, 0.6) is 0 Å². The smallest absolute Gasteiger partial charge is 0.399 e. The van der Waals surface area contributed by atoms with Crippen LogP contribution in [-0.4, -0.2) is 28.1 Å². The lowest BCUT2D eigenvalue weighted by atomic mass is 9.79. The van der Waals surface area contributed by atoms with E-state index >= 15 is 0 Å². The van der Waals surface area contributed by atoms with E-state index in [1.54, 1.807) is 6.92 Å². The van der Waals surface area contributed by atoms with Gasteiger partial charge in [0, 0.05) is 17.4 Å². The van der Waals surface area contributed by atoms with Crippen molar-refractivity contribution in [3.05, 3.63) is 11.9 Å². The predicted octanol–water partition coefficient (Wildman–Crippen LogP) is 1.89. The van der Waals surface area contributed by atoms with E-state index in [-0.39, 0.29) is 0 Å². The van der Waals surface area contributed by atoms with Gasteiger partial charge < -0.3 is 9.31 Å². The van der Waals surface area contributed by atoms with Gasteiger partial charge in [-0.05, 0) is 34.6 Å². The molecule has 2 heterocycles. The van der Waals surface area contributed by atoms with Crippen LogP contribution in [-0.2, 0) is 9.31 Å². The first kappa shape index (κ1) is 13.5. The molecule has 0 saturated carbocycles. The Morgan fingerprint density at radius 3 is 2.11 bits per heavy atom. The van der Waals surface area contributed by atoms with Crippen LogP contribution in [0.1, 0.15) is 39.9 Å². The molecule has 0 bridgehead atoms. The highest BCUT2D eigenvalue weighted by Crippen LogP contribution is 2.36. The van der Waals surface area contributed by atoms with Crippen LogP contribution in [0.2, 0.25) is 0 Å². The minimum atomic E-state index is -2.65. The van der Waals surface area contributed by atoms with Gasteiger partial charge in [0.25, 0.3) is 0 Å². The van der Waals surface area contributed by atoms with Crippen LogP contribution in [0.4, 0.5) is 8.78 Å². The summed E-state index contributed by atoms with van der Waals surface area (Å²) in [7, 11) is -0.650. The van der Waals surface area contributed by atoms with Crippen LogP contribution < -0.4 is 5.46 Å². The van der Waals surface area contributed by atoms with Gasteiger partial charge in [-0.1, -0.05) is 0 Å². The predicted molar refractivity (Wildman–Crippen MR) is 63.9 cm³/mol. The summed E-state index contributed by atoms with van der Waals surface area (Å²) in [4.78, 5) is 0. The summed E-state index contributed by atoms with van der Waals surface area (Å²) in [5.41, 5.74) is -0.0638. The Morgan fingerprint density at radius 2 is 1.72 bits per heavy atom. The molecule has 0 unspecified atom stereocenters. The maximum absolute atomic E-state index is 12.7. The van der Waals surface area contributed by atoms with Crippen LogP contribution in [0.3, 0.4) is 0 Å². The number of alkyl halides is 2. The molecule has 1 aromatic rings. The molecule has 0 atom stereocenters. The molecule has 4 nitrogen and oxygen atoms in total. The second-order valence-electron chi connectivity index (χ2n) is 5.50. The Morgan fingerprint density at radius 1 is 1.22 bits per heavy atom. The summed E-state index contributed by atoms with van der Waals surface area (Å²) in [5, 5.41) is 3.66. The van der Waals surface area contributed by atoms with Gasteiger partial charge in [0.05, 0.1) is 11.2 Å². The normalized spacial score (nSPS) is 21.9. The van der Waals surface area contributed by atoms with Crippen molar-refractivity contribution < 1.29 is 18.1 Å². The van der Waals surface area contributed by atoms with Crippen LogP contribution in [0.25, 0.3) is 0 Å². The van der Waals surface area contributed by atoms with Crippen molar-refractivity contribution in [2.75, 3.05) is 0 Å². The van der Waals surface area contributed by atoms with Gasteiger partial charge in [0.2, 0.25) is 0 Å². The fourth-order valence-corrected chi connectivity index (χ4v) is 1.83. The van der Waals surface area contributed by atoms with Crippen molar-refractivity contribution in [3.8, 4) is 0 Å². The van der Waals surface area contributed by atoms with Crippen molar-refractivity contribution in [3.63, 3.8) is 0 Å². The summed E-state index contributed by atoms with van der Waals surface area (Å²) in [5.74, 6) is 0. The Labute approximate surface area is 105 Å². The molecular formula is C11H17BF2N2O2. The number of hydrogen-bond acceptors (Lipinski definition) is 3. The fourth-order valence-electron chi connectivity index (χ4n) is 1.83. The van der Waals surface area contributed by atoms with Crippen molar-refractivity contribution >= 4 is 12.6 Å². The van der Waals surface area contributed by atoms with Gasteiger partial charge in [-0.2, -0.15) is 13.9 Å². The molecule has 0 spiro atoms. The molecule has 1 aliphatic heterocycles. The number of nitrogens with zero attached hydrogens (tertiary/aromatic N) is 2. The Kier molecular flexibility index (Phi) is 3.02. The summed E-state index contributed by atoms with van der Waals surface area (Å²) in [6.07, 6.45) is 1.38. The average molecular weight is 258 g/mol. The molecule has 0 N–H and O–H groups in total. The van der Waals surface area contributed by atoms with Crippen LogP contribution >= 0.6 is 0 Å². The first-order valence-corrected chi connectivity index (χ1v) is 5.83. The van der Waals surface area contributed by atoms with E-state index in [0.717, 1.165) is 0 Å². The zero-order valence-corrected chi connectivity index (χ0v) is 11.2. The monoisotopic (exact) mass is 258 g/mol. The van der Waals surface area contributed by atoms with Crippen LogP contribution in [0, 0.1) is 6.92 Å². The van der Waals surface area contributed by atoms with Crippen molar-refractivity contribution in [1.82, 2.24) is 9.78 Å². The third kappa shape index (κ3) is 1.95. The van der Waals surface area contributed by atoms with Crippen LogP contribution in [0.15, 0.2) is 6.20 Å². The summed E-state index contributed by atoms with van der Waals surface area (Å²) >= 11 is 0. The molecule has 0 aromatic carbocycles. The second-order valence-corrected chi connectivity index (χ2v) is 5.50. The molecule has 0 radical (unpaired) electrons. The molecule has 2 rings (SSSR count). The number of hydrogen-bond donors (Lipinski definition) is 0. The van der Waals surface area contributed by atoms with Gasteiger partial charge in [-0.15, -0.1) is 0 Å². The van der Waals surface area contributed by atoms with Gasteiger partial charge in [0.15, 0.2) is 0 Å². The molecule has 0 amide bonds. The van der Waals surface area contributed by atoms with Gasteiger partial charge in [-0.25, -0.2) is 4.68 Å². The molecule has 1 fully saturated rings. The summed E-state index contributed by atoms with van der Waals surface area (Å²) in [6, 6.07) is 0. The Bertz CT molecular complexity index is 444. The molecule has 1 aliphatic rings. The van der Waals surface area contributed by atoms with Gasteiger partial charge in [0.1, 0.15) is 0 Å². The maximum atomic E-state index is 12.7. The summed E-state index contributed by atoms with van der Waals surface area (Å²) < 4.78 is 37.6. The SMILES string of the molecule is Cc1c(B2OC(C)(C)C(C)(C)O2)cnn1C(F)F. The molecular weight excluding hydrogens is 241 g/mol. The van der Waals surface area contributed by atoms with Crippen molar-refractivity contribution in [2.45, 2.75) is 52.4 Å². The average Bonchev–Trinajstić information content (AvgIpc) is 2.66. The zero-order valence-electron chi connectivity index (χ0n) is 11.2. The largest absolute Gasteiger partial charge is 0.498 e. The topological polar surface area (TPSA) is 36.3 Å². The molecule has 1 saturated heterocycles. The van der Waals surface area contributed by atoms with E-state index < -0.39 is 24.9 Å². The molecule has 7 heteroatoms. The highest BCUT2D eigenvalue weighted by atomic mass is 19.3. The maximum Gasteiger partial charge on any atom is 0.498 e. The van der Waals surface area contributed by atoms with E-state index in [9.17, 15) is 8.78 Å². The molecule has 100 valence electrons. The van der Waals surface area contributed by atoms with Crippen molar-refractivity contribution in [2.24, 2.45) is 0 Å². The number of aromatic nitrogens is 2. The summed E-state index contributed by atoms with van der Waals surface area (Å²) in [6.45, 7) is 6.60. The van der Waals surface area contributed by atoms with Crippen molar-refractivity contribution in [1.29, 1.82) is 0 Å². The Balaban J connectivity index is 2.30. The second kappa shape index (κ2) is 4.03. The van der Waals surface area contributed by atoms with E-state index in [4.69, 9.17) is 9.31 Å². The standard InChI is InChI=1S/C11H17BF2N2O2/c1-7-8(6-15-16(7)9(13)14)12-17-10(2,3)11(4,5)18-12/h6,9H,1-5H3. The lowest BCUT2D eigenvalue weighted by Crippen LogP contribution is -2.41. The lowest BCUT2D eigenvalue weighted by molar-refractivity contribution is 0.00578. The minimum absolute atomic E-state index is 0.364. The first-order chi connectivity index (χ1) is 8.16. The van der Waals surface area contributed by atoms with E-state index in [0.29, 0.717) is 15.8 Å². The Hall–Kier alpha value is -0.945. The number of rotatable bonds is 2. The molecule has 1 aromatic heterocycles. The lowest BCUT2D eigenvalue weighted by Gasteiger charge is -2.32. The van der Waals surface area contributed by atoms with E-state index in [1.165, 1.54) is 6.20 Å². The minimum Gasteiger partial charge on any atom is -0.399 e. The van der Waals surface area contributed by atoms with E-state index in [2.05, 4.69) is 5.10 Å².